The molecule has 0 amide bonds. The van der Waals surface area contributed by atoms with Crippen LogP contribution in [0.5, 0.6) is 0 Å². The molecular weight excluding hydrogens is 290 g/mol. The Bertz CT molecular complexity index is 654. The molecule has 1 saturated heterocycles. The molecule has 0 N–H and O–H groups in total. The lowest BCUT2D eigenvalue weighted by Crippen LogP contribution is -2.41. The van der Waals surface area contributed by atoms with E-state index >= 15 is 0 Å². The van der Waals surface area contributed by atoms with Crippen molar-refractivity contribution in [3.05, 3.63) is 29.8 Å². The number of sulfonamides is 1. The van der Waals surface area contributed by atoms with Crippen LogP contribution in [0.2, 0.25) is 0 Å². The second-order valence-corrected chi connectivity index (χ2v) is 6.33. The van der Waals surface area contributed by atoms with Crippen LogP contribution in [-0.4, -0.2) is 45.5 Å². The fourth-order valence-corrected chi connectivity index (χ4v) is 3.04. The highest BCUT2D eigenvalue weighted by Gasteiger charge is 2.20. The molecule has 1 aliphatic heterocycles. The highest BCUT2D eigenvalue weighted by atomic mass is 32.2. The molecule has 21 heavy (non-hydrogen) atoms. The predicted octanol–water partition coefficient (Wildman–Crippen LogP) is 1.33. The first kappa shape index (κ1) is 15.5. The SMILES string of the molecule is Cc1ccc(S(=O)(=O)/N=C(\CC#N)N2CCOCC2)cc1. The van der Waals surface area contributed by atoms with Crippen LogP contribution in [-0.2, 0) is 14.8 Å². The Hall–Kier alpha value is -1.91. The van der Waals surface area contributed by atoms with E-state index in [4.69, 9.17) is 10.00 Å². The summed E-state index contributed by atoms with van der Waals surface area (Å²) < 4.78 is 33.7. The van der Waals surface area contributed by atoms with Gasteiger partial charge in [0.2, 0.25) is 0 Å². The predicted molar refractivity (Wildman–Crippen MR) is 78.4 cm³/mol. The molecule has 0 radical (unpaired) electrons. The summed E-state index contributed by atoms with van der Waals surface area (Å²) in [6.07, 6.45) is -0.0366. The third kappa shape index (κ3) is 4.03. The van der Waals surface area contributed by atoms with E-state index in [0.717, 1.165) is 5.56 Å². The quantitative estimate of drug-likeness (QED) is 0.621. The van der Waals surface area contributed by atoms with Gasteiger partial charge in [0.15, 0.2) is 0 Å². The molecule has 0 aliphatic carbocycles. The van der Waals surface area contributed by atoms with Crippen LogP contribution in [0.1, 0.15) is 12.0 Å². The van der Waals surface area contributed by atoms with Gasteiger partial charge in [0.25, 0.3) is 10.0 Å². The number of nitrogens with zero attached hydrogens (tertiary/aromatic N) is 3. The van der Waals surface area contributed by atoms with E-state index in [1.165, 1.54) is 12.1 Å². The standard InChI is InChI=1S/C14H17N3O3S/c1-12-2-4-13(5-3-12)21(18,19)16-14(6-7-15)17-8-10-20-11-9-17/h2-5H,6,8-11H2,1H3/b16-14+. The van der Waals surface area contributed by atoms with E-state index in [9.17, 15) is 8.42 Å². The van der Waals surface area contributed by atoms with Crippen molar-refractivity contribution in [1.29, 1.82) is 5.26 Å². The molecule has 0 aromatic heterocycles. The minimum atomic E-state index is -3.79. The number of morpholine rings is 1. The summed E-state index contributed by atoms with van der Waals surface area (Å²) in [7, 11) is -3.79. The topological polar surface area (TPSA) is 82.8 Å². The molecule has 7 heteroatoms. The first-order valence-electron chi connectivity index (χ1n) is 6.63. The van der Waals surface area contributed by atoms with Crippen LogP contribution in [0.3, 0.4) is 0 Å². The number of hydrogen-bond donors (Lipinski definition) is 0. The number of ether oxygens (including phenoxy) is 1. The monoisotopic (exact) mass is 307 g/mol. The summed E-state index contributed by atoms with van der Waals surface area (Å²) in [6.45, 7) is 3.99. The number of benzene rings is 1. The fraction of sp³-hybridized carbons (Fsp3) is 0.429. The molecule has 1 heterocycles. The van der Waals surface area contributed by atoms with E-state index in [2.05, 4.69) is 4.40 Å². The summed E-state index contributed by atoms with van der Waals surface area (Å²) in [5.74, 6) is 0.279. The van der Waals surface area contributed by atoms with Gasteiger partial charge in [-0.25, -0.2) is 0 Å². The Morgan fingerprint density at radius 2 is 1.95 bits per heavy atom. The van der Waals surface area contributed by atoms with Crippen LogP contribution in [0.25, 0.3) is 0 Å². The van der Waals surface area contributed by atoms with Gasteiger partial charge in [-0.1, -0.05) is 17.7 Å². The van der Waals surface area contributed by atoms with Crippen LogP contribution in [0.15, 0.2) is 33.6 Å². The van der Waals surface area contributed by atoms with E-state index in [1.54, 1.807) is 17.0 Å². The van der Waals surface area contributed by atoms with Gasteiger partial charge in [-0.15, -0.1) is 4.40 Å². The van der Waals surface area contributed by atoms with Crippen molar-refractivity contribution >= 4 is 15.9 Å². The number of nitriles is 1. The molecule has 0 unspecified atom stereocenters. The zero-order chi connectivity index (χ0) is 15.3. The maximum absolute atomic E-state index is 12.3. The summed E-state index contributed by atoms with van der Waals surface area (Å²) in [5, 5.41) is 8.89. The first-order chi connectivity index (χ1) is 10.0. The van der Waals surface area contributed by atoms with Crippen molar-refractivity contribution in [3.63, 3.8) is 0 Å². The Balaban J connectivity index is 2.31. The molecule has 2 rings (SSSR count). The van der Waals surface area contributed by atoms with Gasteiger partial charge in [-0.2, -0.15) is 13.7 Å². The fourth-order valence-electron chi connectivity index (χ4n) is 2.00. The van der Waals surface area contributed by atoms with Gasteiger partial charge in [-0.05, 0) is 19.1 Å². The molecule has 1 fully saturated rings. The van der Waals surface area contributed by atoms with Crippen molar-refractivity contribution in [1.82, 2.24) is 4.90 Å². The highest BCUT2D eigenvalue weighted by molar-refractivity contribution is 7.90. The van der Waals surface area contributed by atoms with Crippen LogP contribution in [0, 0.1) is 18.3 Å². The summed E-state index contributed by atoms with van der Waals surface area (Å²) in [4.78, 5) is 1.93. The molecule has 0 atom stereocenters. The van der Waals surface area contributed by atoms with E-state index < -0.39 is 10.0 Å². The molecule has 1 aliphatic rings. The lowest BCUT2D eigenvalue weighted by Gasteiger charge is -2.28. The van der Waals surface area contributed by atoms with Crippen LogP contribution in [0.4, 0.5) is 0 Å². The number of hydrogen-bond acceptors (Lipinski definition) is 4. The van der Waals surface area contributed by atoms with Gasteiger partial charge < -0.3 is 9.64 Å². The van der Waals surface area contributed by atoms with Gasteiger partial charge in [0, 0.05) is 13.1 Å². The van der Waals surface area contributed by atoms with Crippen molar-refractivity contribution in [2.45, 2.75) is 18.2 Å². The van der Waals surface area contributed by atoms with Crippen molar-refractivity contribution in [2.75, 3.05) is 26.3 Å². The average molecular weight is 307 g/mol. The third-order valence-corrected chi connectivity index (χ3v) is 4.48. The average Bonchev–Trinajstić information content (AvgIpc) is 2.48. The molecule has 0 spiro atoms. The molecule has 1 aromatic carbocycles. The van der Waals surface area contributed by atoms with Gasteiger partial charge >= 0.3 is 0 Å². The zero-order valence-corrected chi connectivity index (χ0v) is 12.6. The minimum absolute atomic E-state index is 0.0366. The highest BCUT2D eigenvalue weighted by Crippen LogP contribution is 2.15. The van der Waals surface area contributed by atoms with Crippen molar-refractivity contribution in [3.8, 4) is 6.07 Å². The van der Waals surface area contributed by atoms with Crippen molar-refractivity contribution in [2.24, 2.45) is 4.40 Å². The lowest BCUT2D eigenvalue weighted by atomic mass is 10.2. The molecular formula is C14H17N3O3S. The van der Waals surface area contributed by atoms with Gasteiger partial charge in [-0.3, -0.25) is 0 Å². The second-order valence-electron chi connectivity index (χ2n) is 4.73. The Morgan fingerprint density at radius 3 is 2.52 bits per heavy atom. The van der Waals surface area contributed by atoms with Crippen molar-refractivity contribution < 1.29 is 13.2 Å². The maximum Gasteiger partial charge on any atom is 0.283 e. The summed E-state index contributed by atoms with van der Waals surface area (Å²) >= 11 is 0. The van der Waals surface area contributed by atoms with E-state index in [-0.39, 0.29) is 17.2 Å². The Kier molecular flexibility index (Phi) is 4.94. The maximum atomic E-state index is 12.3. The van der Waals surface area contributed by atoms with Gasteiger partial charge in [0.1, 0.15) is 5.84 Å². The largest absolute Gasteiger partial charge is 0.378 e. The van der Waals surface area contributed by atoms with E-state index in [1.807, 2.05) is 13.0 Å². The number of aryl methyl sites for hydroxylation is 1. The van der Waals surface area contributed by atoms with Crippen LogP contribution >= 0.6 is 0 Å². The number of rotatable bonds is 3. The molecule has 112 valence electrons. The first-order valence-corrected chi connectivity index (χ1v) is 8.07. The Labute approximate surface area is 124 Å². The minimum Gasteiger partial charge on any atom is -0.378 e. The zero-order valence-electron chi connectivity index (χ0n) is 11.8. The lowest BCUT2D eigenvalue weighted by molar-refractivity contribution is 0.0676. The molecule has 0 saturated carbocycles. The summed E-state index contributed by atoms with van der Waals surface area (Å²) in [6, 6.07) is 8.47. The molecule has 1 aromatic rings. The van der Waals surface area contributed by atoms with Gasteiger partial charge in [0.05, 0.1) is 30.6 Å². The number of amidine groups is 1. The molecule has 6 nitrogen and oxygen atoms in total. The normalized spacial score (nSPS) is 16.6. The molecule has 0 bridgehead atoms. The van der Waals surface area contributed by atoms with Crippen LogP contribution < -0.4 is 0 Å². The smallest absolute Gasteiger partial charge is 0.283 e. The van der Waals surface area contributed by atoms with E-state index in [0.29, 0.717) is 26.3 Å². The second kappa shape index (κ2) is 6.70. The Morgan fingerprint density at radius 1 is 1.33 bits per heavy atom. The summed E-state index contributed by atoms with van der Waals surface area (Å²) in [5.41, 5.74) is 0.975. The third-order valence-electron chi connectivity index (χ3n) is 3.16.